The molecule has 0 bridgehead atoms. The number of carbonyl (C=O) groups is 1. The van der Waals surface area contributed by atoms with Crippen molar-refractivity contribution in [2.75, 3.05) is 0 Å². The second kappa shape index (κ2) is 5.38. The van der Waals surface area contributed by atoms with Crippen LogP contribution in [0, 0.1) is 0 Å². The number of carbonyl (C=O) groups excluding carboxylic acids is 1. The van der Waals surface area contributed by atoms with Gasteiger partial charge in [0.1, 0.15) is 0 Å². The van der Waals surface area contributed by atoms with Crippen LogP contribution in [0.3, 0.4) is 0 Å². The first kappa shape index (κ1) is 14.7. The van der Waals surface area contributed by atoms with Crippen LogP contribution in [0.5, 0.6) is 0 Å². The van der Waals surface area contributed by atoms with E-state index in [-0.39, 0.29) is 10.4 Å². The maximum absolute atomic E-state index is 13.2. The number of hydrogen-bond acceptors (Lipinski definition) is 3. The fourth-order valence-electron chi connectivity index (χ4n) is 1.84. The number of thiophene rings is 1. The van der Waals surface area contributed by atoms with E-state index in [2.05, 4.69) is 0 Å². The van der Waals surface area contributed by atoms with E-state index in [0.29, 0.717) is 0 Å². The molecule has 0 aliphatic heterocycles. The van der Waals surface area contributed by atoms with Crippen molar-refractivity contribution in [3.8, 4) is 0 Å². The van der Waals surface area contributed by atoms with Gasteiger partial charge in [-0.25, -0.2) is 0 Å². The van der Waals surface area contributed by atoms with Crippen LogP contribution in [0.2, 0.25) is 0 Å². The minimum Gasteiger partial charge on any atom is -0.376 e. The van der Waals surface area contributed by atoms with Gasteiger partial charge in [0.25, 0.3) is 0 Å². The molecule has 0 radical (unpaired) electrons. The fraction of sp³-hybridized carbons (Fsp3) is 0.214. The fourth-order valence-corrected chi connectivity index (χ4v) is 2.50. The Morgan fingerprint density at radius 1 is 1.10 bits per heavy atom. The van der Waals surface area contributed by atoms with E-state index >= 15 is 0 Å². The number of hydrogen-bond donors (Lipinski definition) is 1. The van der Waals surface area contributed by atoms with Gasteiger partial charge >= 0.3 is 6.18 Å². The Kier molecular flexibility index (Phi) is 3.96. The monoisotopic (exact) mass is 300 g/mol. The zero-order chi connectivity index (χ0) is 14.8. The van der Waals surface area contributed by atoms with Crippen molar-refractivity contribution >= 4 is 17.1 Å². The van der Waals surface area contributed by atoms with Crippen LogP contribution in [-0.4, -0.2) is 17.1 Å². The smallest absolute Gasteiger partial charge is 0.376 e. The number of halogens is 3. The van der Waals surface area contributed by atoms with Crippen molar-refractivity contribution < 1.29 is 23.1 Å². The Bertz CT molecular complexity index is 578. The first-order chi connectivity index (χ1) is 9.34. The van der Waals surface area contributed by atoms with E-state index in [4.69, 9.17) is 0 Å². The summed E-state index contributed by atoms with van der Waals surface area (Å²) in [5.74, 6) is -0.733. The van der Waals surface area contributed by atoms with Crippen molar-refractivity contribution in [2.45, 2.75) is 18.2 Å². The van der Waals surface area contributed by atoms with Crippen LogP contribution >= 0.6 is 11.3 Å². The first-order valence-electron chi connectivity index (χ1n) is 5.76. The summed E-state index contributed by atoms with van der Waals surface area (Å²) in [6.07, 6.45) is -5.96. The molecular formula is C14H11F3O2S. The molecule has 2 aromatic rings. The predicted molar refractivity (Wildman–Crippen MR) is 69.7 cm³/mol. The molecule has 2 nitrogen and oxygen atoms in total. The van der Waals surface area contributed by atoms with Gasteiger partial charge in [0.05, 0.1) is 11.3 Å². The van der Waals surface area contributed by atoms with Crippen molar-refractivity contribution in [2.24, 2.45) is 0 Å². The Balaban J connectivity index is 2.37. The average Bonchev–Trinajstić information content (AvgIpc) is 2.92. The van der Waals surface area contributed by atoms with Crippen molar-refractivity contribution in [1.29, 1.82) is 0 Å². The number of alkyl halides is 3. The van der Waals surface area contributed by atoms with Gasteiger partial charge in [0.15, 0.2) is 11.4 Å². The number of aliphatic hydroxyl groups is 1. The molecule has 20 heavy (non-hydrogen) atoms. The van der Waals surface area contributed by atoms with Crippen LogP contribution < -0.4 is 0 Å². The molecule has 0 aliphatic carbocycles. The summed E-state index contributed by atoms with van der Waals surface area (Å²) in [5.41, 5.74) is -3.51. The minimum atomic E-state index is -4.93. The van der Waals surface area contributed by atoms with Gasteiger partial charge in [-0.1, -0.05) is 36.4 Å². The van der Waals surface area contributed by atoms with E-state index < -0.39 is 24.0 Å². The zero-order valence-electron chi connectivity index (χ0n) is 10.2. The normalized spacial score (nSPS) is 14.8. The molecule has 1 aromatic carbocycles. The minimum absolute atomic E-state index is 0.198. The Morgan fingerprint density at radius 3 is 2.25 bits per heavy atom. The highest BCUT2D eigenvalue weighted by atomic mass is 32.1. The lowest BCUT2D eigenvalue weighted by Gasteiger charge is -2.30. The third-order valence-corrected chi connectivity index (χ3v) is 3.84. The van der Waals surface area contributed by atoms with Crippen molar-refractivity contribution in [3.63, 3.8) is 0 Å². The topological polar surface area (TPSA) is 37.3 Å². The Morgan fingerprint density at radius 2 is 1.75 bits per heavy atom. The molecule has 2 rings (SSSR count). The van der Waals surface area contributed by atoms with Gasteiger partial charge < -0.3 is 5.11 Å². The number of ketones is 1. The number of rotatable bonds is 4. The van der Waals surface area contributed by atoms with E-state index in [1.165, 1.54) is 18.2 Å². The molecule has 1 aromatic heterocycles. The molecular weight excluding hydrogens is 289 g/mol. The van der Waals surface area contributed by atoms with Crippen LogP contribution in [0.1, 0.15) is 21.7 Å². The third kappa shape index (κ3) is 2.76. The molecule has 0 saturated carbocycles. The summed E-state index contributed by atoms with van der Waals surface area (Å²) in [6.45, 7) is 0. The molecule has 0 spiro atoms. The molecule has 1 atom stereocenters. The summed E-state index contributed by atoms with van der Waals surface area (Å²) in [5, 5.41) is 11.6. The van der Waals surface area contributed by atoms with Gasteiger partial charge in [-0.2, -0.15) is 13.2 Å². The molecule has 1 heterocycles. The SMILES string of the molecule is O=C(C[C@@](O)(c1ccccc1)C(F)(F)F)c1cccs1. The van der Waals surface area contributed by atoms with Gasteiger partial charge in [0.2, 0.25) is 0 Å². The standard InChI is InChI=1S/C14H11F3O2S/c15-14(16,17)13(19,10-5-2-1-3-6-10)9-11(18)12-7-4-8-20-12/h1-8,19H,9H2/t13-/m1/s1. The number of benzene rings is 1. The summed E-state index contributed by atoms with van der Waals surface area (Å²) in [6, 6.07) is 9.66. The molecule has 0 fully saturated rings. The maximum Gasteiger partial charge on any atom is 0.421 e. The summed E-state index contributed by atoms with van der Waals surface area (Å²) in [4.78, 5) is 12.1. The second-order valence-corrected chi connectivity index (χ2v) is 5.25. The maximum atomic E-state index is 13.2. The molecule has 0 unspecified atom stereocenters. The molecule has 0 amide bonds. The van der Waals surface area contributed by atoms with E-state index in [9.17, 15) is 23.1 Å². The lowest BCUT2D eigenvalue weighted by atomic mass is 9.87. The molecule has 6 heteroatoms. The Hall–Kier alpha value is -1.66. The van der Waals surface area contributed by atoms with Crippen LogP contribution in [0.4, 0.5) is 13.2 Å². The highest BCUT2D eigenvalue weighted by molar-refractivity contribution is 7.12. The van der Waals surface area contributed by atoms with Gasteiger partial charge in [-0.05, 0) is 17.0 Å². The van der Waals surface area contributed by atoms with Crippen LogP contribution in [0.25, 0.3) is 0 Å². The lowest BCUT2D eigenvalue weighted by Crippen LogP contribution is -2.44. The highest BCUT2D eigenvalue weighted by Crippen LogP contribution is 2.42. The summed E-state index contributed by atoms with van der Waals surface area (Å²) in [7, 11) is 0. The zero-order valence-corrected chi connectivity index (χ0v) is 11.0. The van der Waals surface area contributed by atoms with Gasteiger partial charge in [-0.3, -0.25) is 4.79 Å². The quantitative estimate of drug-likeness (QED) is 0.873. The first-order valence-corrected chi connectivity index (χ1v) is 6.64. The Labute approximate surface area is 117 Å². The largest absolute Gasteiger partial charge is 0.421 e. The third-order valence-electron chi connectivity index (χ3n) is 2.93. The van der Waals surface area contributed by atoms with Crippen LogP contribution in [0.15, 0.2) is 47.8 Å². The summed E-state index contributed by atoms with van der Waals surface area (Å²) < 4.78 is 39.6. The second-order valence-electron chi connectivity index (χ2n) is 4.30. The highest BCUT2D eigenvalue weighted by Gasteiger charge is 2.55. The van der Waals surface area contributed by atoms with Gasteiger partial charge in [0, 0.05) is 0 Å². The van der Waals surface area contributed by atoms with E-state index in [0.717, 1.165) is 23.5 Å². The molecule has 106 valence electrons. The van der Waals surface area contributed by atoms with Crippen molar-refractivity contribution in [1.82, 2.24) is 0 Å². The van der Waals surface area contributed by atoms with Crippen molar-refractivity contribution in [3.05, 3.63) is 58.3 Å². The van der Waals surface area contributed by atoms with E-state index in [1.807, 2.05) is 0 Å². The average molecular weight is 300 g/mol. The predicted octanol–water partition coefficient (Wildman–Crippen LogP) is 3.77. The summed E-state index contributed by atoms with van der Waals surface area (Å²) >= 11 is 1.05. The molecule has 1 N–H and O–H groups in total. The lowest BCUT2D eigenvalue weighted by molar-refractivity contribution is -0.264. The molecule has 0 aliphatic rings. The molecule has 0 saturated heterocycles. The van der Waals surface area contributed by atoms with Crippen LogP contribution in [-0.2, 0) is 5.60 Å². The number of Topliss-reactive ketones (excluding diaryl/α,β-unsaturated/α-hetero) is 1. The van der Waals surface area contributed by atoms with Gasteiger partial charge in [-0.15, -0.1) is 11.3 Å². The van der Waals surface area contributed by atoms with E-state index in [1.54, 1.807) is 17.5 Å².